The van der Waals surface area contributed by atoms with Gasteiger partial charge in [0.05, 0.1) is 10.6 Å². The van der Waals surface area contributed by atoms with Crippen LogP contribution in [0.1, 0.15) is 18.1 Å². The van der Waals surface area contributed by atoms with Crippen LogP contribution in [-0.4, -0.2) is 44.8 Å². The van der Waals surface area contributed by atoms with Crippen LogP contribution < -0.4 is 9.62 Å². The molecule has 190 valence electrons. The summed E-state index contributed by atoms with van der Waals surface area (Å²) >= 11 is 6.19. The molecule has 0 bridgehead atoms. The lowest BCUT2D eigenvalue weighted by molar-refractivity contribution is -0.139. The first-order chi connectivity index (χ1) is 17.0. The van der Waals surface area contributed by atoms with E-state index in [0.29, 0.717) is 16.1 Å². The largest absolute Gasteiger partial charge is 0.357 e. The number of anilines is 1. The van der Waals surface area contributed by atoms with Gasteiger partial charge in [-0.25, -0.2) is 12.8 Å². The van der Waals surface area contributed by atoms with Crippen molar-refractivity contribution >= 4 is 39.1 Å². The van der Waals surface area contributed by atoms with Crippen LogP contribution in [-0.2, 0) is 26.2 Å². The Morgan fingerprint density at radius 2 is 1.67 bits per heavy atom. The van der Waals surface area contributed by atoms with Gasteiger partial charge in [0.2, 0.25) is 11.8 Å². The van der Waals surface area contributed by atoms with Crippen molar-refractivity contribution in [2.75, 3.05) is 17.9 Å². The van der Waals surface area contributed by atoms with Gasteiger partial charge in [-0.1, -0.05) is 48.0 Å². The Balaban J connectivity index is 2.06. The van der Waals surface area contributed by atoms with Crippen LogP contribution in [0.25, 0.3) is 0 Å². The molecule has 0 fully saturated rings. The summed E-state index contributed by atoms with van der Waals surface area (Å²) in [5.74, 6) is -1.48. The summed E-state index contributed by atoms with van der Waals surface area (Å²) in [6.45, 7) is 2.65. The average Bonchev–Trinajstić information content (AvgIpc) is 2.87. The number of aryl methyl sites for hydroxylation is 1. The third kappa shape index (κ3) is 6.22. The molecule has 7 nitrogen and oxygen atoms in total. The Morgan fingerprint density at radius 1 is 1.03 bits per heavy atom. The second-order valence-electron chi connectivity index (χ2n) is 8.19. The first-order valence-electron chi connectivity index (χ1n) is 11.1. The molecule has 0 saturated carbocycles. The number of benzene rings is 3. The molecule has 0 radical (unpaired) electrons. The molecule has 1 atom stereocenters. The van der Waals surface area contributed by atoms with Gasteiger partial charge in [0.15, 0.2) is 0 Å². The summed E-state index contributed by atoms with van der Waals surface area (Å²) in [5.41, 5.74) is 1.42. The first-order valence-corrected chi connectivity index (χ1v) is 13.0. The van der Waals surface area contributed by atoms with Gasteiger partial charge < -0.3 is 10.2 Å². The zero-order valence-corrected chi connectivity index (χ0v) is 21.7. The highest BCUT2D eigenvalue weighted by Gasteiger charge is 2.33. The third-order valence-electron chi connectivity index (χ3n) is 5.73. The predicted octanol–water partition coefficient (Wildman–Crippen LogP) is 4.15. The minimum absolute atomic E-state index is 0.00149. The van der Waals surface area contributed by atoms with E-state index in [1.807, 2.05) is 0 Å². The molecule has 3 aromatic carbocycles. The highest BCUT2D eigenvalue weighted by Crippen LogP contribution is 2.30. The number of sulfonamides is 1. The smallest absolute Gasteiger partial charge is 0.264 e. The number of nitrogens with zero attached hydrogens (tertiary/aromatic N) is 2. The van der Waals surface area contributed by atoms with Crippen LogP contribution >= 0.6 is 11.6 Å². The van der Waals surface area contributed by atoms with Crippen molar-refractivity contribution in [2.45, 2.75) is 31.3 Å². The summed E-state index contributed by atoms with van der Waals surface area (Å²) < 4.78 is 41.8. The zero-order chi connectivity index (χ0) is 26.5. The highest BCUT2D eigenvalue weighted by molar-refractivity contribution is 7.92. The summed E-state index contributed by atoms with van der Waals surface area (Å²) in [5, 5.41) is 2.81. The molecule has 0 spiro atoms. The summed E-state index contributed by atoms with van der Waals surface area (Å²) in [4.78, 5) is 27.4. The lowest BCUT2D eigenvalue weighted by atomic mass is 10.1. The van der Waals surface area contributed by atoms with Gasteiger partial charge in [0.1, 0.15) is 18.4 Å². The highest BCUT2D eigenvalue weighted by atomic mass is 35.5. The molecule has 0 aliphatic carbocycles. The van der Waals surface area contributed by atoms with Crippen LogP contribution in [0, 0.1) is 12.7 Å². The fourth-order valence-corrected chi connectivity index (χ4v) is 5.32. The van der Waals surface area contributed by atoms with Gasteiger partial charge in [-0.3, -0.25) is 13.9 Å². The van der Waals surface area contributed by atoms with Gasteiger partial charge >= 0.3 is 0 Å². The van der Waals surface area contributed by atoms with Crippen molar-refractivity contribution in [3.05, 3.63) is 94.8 Å². The van der Waals surface area contributed by atoms with E-state index in [1.165, 1.54) is 54.4 Å². The molecule has 0 aliphatic heterocycles. The van der Waals surface area contributed by atoms with E-state index in [2.05, 4.69) is 5.32 Å². The van der Waals surface area contributed by atoms with E-state index in [9.17, 15) is 22.4 Å². The van der Waals surface area contributed by atoms with Crippen molar-refractivity contribution < 1.29 is 22.4 Å². The van der Waals surface area contributed by atoms with Gasteiger partial charge in [-0.05, 0) is 61.4 Å². The molecule has 1 N–H and O–H groups in total. The Labute approximate surface area is 215 Å². The van der Waals surface area contributed by atoms with Gasteiger partial charge in [0.25, 0.3) is 10.0 Å². The zero-order valence-electron chi connectivity index (χ0n) is 20.1. The minimum atomic E-state index is -4.17. The standard InChI is InChI=1S/C26H27ClFN3O4S/c1-18-9-12-21(27)15-24(18)31(36(34,35)23-7-5-4-6-8-23)17-25(32)30(19(2)26(33)29-3)16-20-10-13-22(28)14-11-20/h4-15,19H,16-17H2,1-3H3,(H,29,33)/t19-/m0/s1. The van der Waals surface area contributed by atoms with Gasteiger partial charge in [-0.2, -0.15) is 0 Å². The van der Waals surface area contributed by atoms with Crippen molar-refractivity contribution in [3.8, 4) is 0 Å². The van der Waals surface area contributed by atoms with Crippen LogP contribution in [0.15, 0.2) is 77.7 Å². The Morgan fingerprint density at radius 3 is 2.28 bits per heavy atom. The van der Waals surface area contributed by atoms with Crippen LogP contribution in [0.5, 0.6) is 0 Å². The fraction of sp³-hybridized carbons (Fsp3) is 0.231. The Kier molecular flexibility index (Phi) is 8.70. The normalized spacial score (nSPS) is 12.0. The molecular formula is C26H27ClFN3O4S. The van der Waals surface area contributed by atoms with E-state index in [-0.39, 0.29) is 17.1 Å². The monoisotopic (exact) mass is 531 g/mol. The maximum absolute atomic E-state index is 13.7. The number of rotatable bonds is 9. The number of carbonyl (C=O) groups is 2. The number of halogens is 2. The summed E-state index contributed by atoms with van der Waals surface area (Å²) in [6, 6.07) is 17.1. The van der Waals surface area contributed by atoms with Crippen LogP contribution in [0.3, 0.4) is 0 Å². The van der Waals surface area contributed by atoms with E-state index in [4.69, 9.17) is 11.6 Å². The number of hydrogen-bond acceptors (Lipinski definition) is 4. The molecule has 0 aliphatic rings. The SMILES string of the molecule is CNC(=O)[C@H](C)N(Cc1ccc(F)cc1)C(=O)CN(c1cc(Cl)ccc1C)S(=O)(=O)c1ccccc1. The fourth-order valence-electron chi connectivity index (χ4n) is 3.66. The van der Waals surface area contributed by atoms with Crippen LogP contribution in [0.4, 0.5) is 10.1 Å². The molecular weight excluding hydrogens is 505 g/mol. The second-order valence-corrected chi connectivity index (χ2v) is 10.5. The van der Waals surface area contributed by atoms with E-state index < -0.39 is 40.2 Å². The van der Waals surface area contributed by atoms with Crippen molar-refractivity contribution in [2.24, 2.45) is 0 Å². The molecule has 36 heavy (non-hydrogen) atoms. The molecule has 3 aromatic rings. The second kappa shape index (κ2) is 11.5. The maximum atomic E-state index is 13.7. The summed E-state index contributed by atoms with van der Waals surface area (Å²) in [7, 11) is -2.73. The number of carbonyl (C=O) groups excluding carboxylic acids is 2. The van der Waals surface area contributed by atoms with Crippen molar-refractivity contribution in [3.63, 3.8) is 0 Å². The van der Waals surface area contributed by atoms with E-state index in [0.717, 1.165) is 4.31 Å². The van der Waals surface area contributed by atoms with Crippen LogP contribution in [0.2, 0.25) is 5.02 Å². The van der Waals surface area contributed by atoms with E-state index >= 15 is 0 Å². The summed E-state index contributed by atoms with van der Waals surface area (Å²) in [6.07, 6.45) is 0. The maximum Gasteiger partial charge on any atom is 0.264 e. The molecule has 10 heteroatoms. The molecule has 0 aromatic heterocycles. The van der Waals surface area contributed by atoms with Crippen molar-refractivity contribution in [1.29, 1.82) is 0 Å². The predicted molar refractivity (Wildman–Crippen MR) is 138 cm³/mol. The lowest BCUT2D eigenvalue weighted by Crippen LogP contribution is -2.50. The molecule has 0 saturated heterocycles. The molecule has 3 rings (SSSR count). The molecule has 2 amide bonds. The van der Waals surface area contributed by atoms with E-state index in [1.54, 1.807) is 44.2 Å². The van der Waals surface area contributed by atoms with Gasteiger partial charge in [0, 0.05) is 18.6 Å². The number of amides is 2. The molecule has 0 unspecified atom stereocenters. The Hall–Kier alpha value is -3.43. The minimum Gasteiger partial charge on any atom is -0.357 e. The Bertz CT molecular complexity index is 1340. The molecule has 0 heterocycles. The lowest BCUT2D eigenvalue weighted by Gasteiger charge is -2.32. The number of hydrogen-bond donors (Lipinski definition) is 1. The number of likely N-dealkylation sites (N-methyl/N-ethyl adjacent to an activating group) is 1. The average molecular weight is 532 g/mol. The van der Waals surface area contributed by atoms with Gasteiger partial charge in [-0.15, -0.1) is 0 Å². The quantitative estimate of drug-likeness (QED) is 0.449. The number of nitrogens with one attached hydrogen (secondary N) is 1. The first kappa shape index (κ1) is 27.2. The third-order valence-corrected chi connectivity index (χ3v) is 7.74. The van der Waals surface area contributed by atoms with Crippen molar-refractivity contribution in [1.82, 2.24) is 10.2 Å². The topological polar surface area (TPSA) is 86.8 Å².